The average molecular weight is 457 g/mol. The van der Waals surface area contributed by atoms with Gasteiger partial charge in [0.2, 0.25) is 0 Å². The molecule has 7 aromatic rings. The number of rotatable bonds is 2. The van der Waals surface area contributed by atoms with Crippen molar-refractivity contribution in [1.82, 2.24) is 28.7 Å². The molecule has 0 fully saturated rings. The van der Waals surface area contributed by atoms with Crippen LogP contribution in [0.3, 0.4) is 0 Å². The zero-order valence-electron chi connectivity index (χ0n) is 19.2. The Bertz CT molecular complexity index is 1760. The van der Waals surface area contributed by atoms with E-state index in [1.807, 2.05) is 12.1 Å². The zero-order valence-corrected chi connectivity index (χ0v) is 19.2. The van der Waals surface area contributed by atoms with Crippen LogP contribution in [-0.2, 0) is 7.05 Å². The molecule has 3 N–H and O–H groups in total. The van der Waals surface area contributed by atoms with Gasteiger partial charge in [0.25, 0.3) is 0 Å². The van der Waals surface area contributed by atoms with Crippen molar-refractivity contribution in [2.75, 3.05) is 0 Å². The third kappa shape index (κ3) is 2.97. The first kappa shape index (κ1) is 19.6. The molecule has 35 heavy (non-hydrogen) atoms. The van der Waals surface area contributed by atoms with Crippen LogP contribution < -0.4 is 0 Å². The molecule has 0 unspecified atom stereocenters. The summed E-state index contributed by atoms with van der Waals surface area (Å²) < 4.78 is 6.76. The lowest BCUT2D eigenvalue weighted by Gasteiger charge is -2.22. The Labute approximate surface area is 201 Å². The second-order valence-corrected chi connectivity index (χ2v) is 8.70. The van der Waals surface area contributed by atoms with E-state index in [-0.39, 0.29) is 0 Å². The third-order valence-electron chi connectivity index (χ3n) is 6.63. The molecule has 7 rings (SSSR count). The van der Waals surface area contributed by atoms with Gasteiger partial charge in [-0.25, -0.2) is 0 Å². The Morgan fingerprint density at radius 2 is 0.829 bits per heavy atom. The lowest BCUT2D eigenvalue weighted by Crippen LogP contribution is -2.13. The van der Waals surface area contributed by atoms with Gasteiger partial charge in [-0.3, -0.25) is 9.13 Å². The summed E-state index contributed by atoms with van der Waals surface area (Å²) in [5, 5.41) is 0. The highest BCUT2D eigenvalue weighted by Crippen LogP contribution is 2.28. The number of benzene rings is 4. The van der Waals surface area contributed by atoms with Crippen LogP contribution in [0.2, 0.25) is 0 Å². The van der Waals surface area contributed by atoms with E-state index in [2.05, 4.69) is 133 Å². The summed E-state index contributed by atoms with van der Waals surface area (Å²) in [6.45, 7) is 0. The molecular weight excluding hydrogens is 432 g/mol. The van der Waals surface area contributed by atoms with Gasteiger partial charge in [0.05, 0.1) is 22.1 Å². The smallest absolute Gasteiger partial charge is 0.159 e. The second-order valence-electron chi connectivity index (χ2n) is 8.70. The Morgan fingerprint density at radius 1 is 0.429 bits per heavy atom. The summed E-state index contributed by atoms with van der Waals surface area (Å²) in [5.74, 6) is 0. The quantitative estimate of drug-likeness (QED) is 0.237. The highest BCUT2D eigenvalue weighted by atomic mass is 15.2. The van der Waals surface area contributed by atoms with Crippen molar-refractivity contribution in [3.05, 3.63) is 109 Å². The minimum absolute atomic E-state index is 0.971. The second kappa shape index (κ2) is 7.60. The first-order valence-corrected chi connectivity index (χ1v) is 11.7. The molecule has 0 saturated heterocycles. The van der Waals surface area contributed by atoms with Gasteiger partial charge in [-0.05, 0) is 48.5 Å². The number of aromatic amines is 3. The molecule has 0 aliphatic rings. The number of fused-ring (bicyclic) bond motifs is 4. The van der Waals surface area contributed by atoms with E-state index >= 15 is 0 Å². The molecule has 0 radical (unpaired) electrons. The maximum atomic E-state index is 3.81. The fourth-order valence-corrected chi connectivity index (χ4v) is 5.00. The number of hydrogen-bond donors (Lipinski definition) is 3. The van der Waals surface area contributed by atoms with Gasteiger partial charge in [-0.15, -0.1) is 0 Å². The van der Waals surface area contributed by atoms with E-state index < -0.39 is 0 Å². The highest BCUT2D eigenvalue weighted by molar-refractivity contribution is 5.93. The number of para-hydroxylation sites is 6. The van der Waals surface area contributed by atoms with Gasteiger partial charge >= 0.3 is 0 Å². The van der Waals surface area contributed by atoms with Crippen LogP contribution in [0.4, 0.5) is 0 Å². The van der Waals surface area contributed by atoms with Crippen molar-refractivity contribution < 1.29 is 0 Å². The normalized spacial score (nSPS) is 11.6. The number of aromatic nitrogens is 6. The van der Waals surface area contributed by atoms with Crippen LogP contribution in [-0.4, -0.2) is 28.7 Å². The zero-order chi connectivity index (χ0) is 23.4. The fourth-order valence-electron chi connectivity index (χ4n) is 5.00. The average Bonchev–Trinajstić information content (AvgIpc) is 2.92. The van der Waals surface area contributed by atoms with Crippen LogP contribution in [0, 0.1) is 0 Å². The molecule has 3 heterocycles. The third-order valence-corrected chi connectivity index (χ3v) is 6.63. The van der Waals surface area contributed by atoms with E-state index in [1.54, 1.807) is 0 Å². The van der Waals surface area contributed by atoms with Gasteiger partial charge < -0.3 is 19.5 Å². The van der Waals surface area contributed by atoms with Crippen LogP contribution in [0.15, 0.2) is 109 Å². The first-order chi connectivity index (χ1) is 17.3. The Morgan fingerprint density at radius 3 is 1.29 bits per heavy atom. The van der Waals surface area contributed by atoms with Crippen molar-refractivity contribution in [1.29, 1.82) is 0 Å². The number of hydrogen-bond acceptors (Lipinski definition) is 0. The lowest BCUT2D eigenvalue weighted by molar-refractivity contribution is 0.923. The monoisotopic (exact) mass is 456 g/mol. The van der Waals surface area contributed by atoms with E-state index in [9.17, 15) is 0 Å². The molecule has 6 heteroatoms. The highest BCUT2D eigenvalue weighted by Gasteiger charge is 2.16. The minimum Gasteiger partial charge on any atom is -0.337 e. The molecule has 170 valence electrons. The molecule has 0 spiro atoms. The Kier molecular flexibility index (Phi) is 4.26. The minimum atomic E-state index is 0.971. The van der Waals surface area contributed by atoms with Crippen molar-refractivity contribution in [3.8, 4) is 11.4 Å². The van der Waals surface area contributed by atoms with Crippen molar-refractivity contribution in [3.63, 3.8) is 0 Å². The van der Waals surface area contributed by atoms with Gasteiger partial charge in [0, 0.05) is 18.4 Å². The van der Waals surface area contributed by atoms with E-state index in [4.69, 9.17) is 0 Å². The van der Waals surface area contributed by atoms with Crippen LogP contribution in [0.5, 0.6) is 0 Å². The van der Waals surface area contributed by atoms with Gasteiger partial charge in [-0.1, -0.05) is 60.7 Å². The van der Waals surface area contributed by atoms with Crippen molar-refractivity contribution >= 4 is 44.7 Å². The summed E-state index contributed by atoms with van der Waals surface area (Å²) in [5.41, 5.74) is 10.4. The Balaban J connectivity index is 1.74. The van der Waals surface area contributed by atoms with Gasteiger partial charge in [0.1, 0.15) is 0 Å². The number of nitrogens with zero attached hydrogens (tertiary/aromatic N) is 3. The predicted molar refractivity (Wildman–Crippen MR) is 144 cm³/mol. The molecule has 0 bridgehead atoms. The molecule has 0 amide bonds. The molecule has 6 nitrogen and oxygen atoms in total. The molecule has 3 aromatic heterocycles. The molecule has 4 aromatic carbocycles. The van der Waals surface area contributed by atoms with Crippen molar-refractivity contribution in [2.45, 2.75) is 0 Å². The van der Waals surface area contributed by atoms with E-state index in [0.29, 0.717) is 0 Å². The van der Waals surface area contributed by atoms with E-state index in [0.717, 1.165) is 56.0 Å². The molecule has 0 saturated carbocycles. The summed E-state index contributed by atoms with van der Waals surface area (Å²) in [6, 6.07) is 37.8. The van der Waals surface area contributed by atoms with E-state index in [1.165, 1.54) is 0 Å². The number of aryl methyl sites for hydroxylation is 1. The Hall–Kier alpha value is -4.84. The topological polar surface area (TPSA) is 62.2 Å². The summed E-state index contributed by atoms with van der Waals surface area (Å²) in [7, 11) is 2.10. The molecular formula is C29H24N6. The number of nitrogens with one attached hydrogen (secondary N) is 3. The first-order valence-electron chi connectivity index (χ1n) is 11.7. The summed E-state index contributed by atoms with van der Waals surface area (Å²) in [4.78, 5) is 11.1. The summed E-state index contributed by atoms with van der Waals surface area (Å²) >= 11 is 0. The standard InChI is InChI=1S/C29H24N6/c1-33-26-28(34(20-12-4-2-5-13-20)24-18-10-8-16-22(24)30-26)32-29-27(33)31-23-17-9-11-19-25(23)35(29)21-14-6-3-7-15-21/h2-19,30-32H,1H3. The predicted octanol–water partition coefficient (Wildman–Crippen LogP) is 6.89. The maximum absolute atomic E-state index is 3.81. The molecule has 0 atom stereocenters. The van der Waals surface area contributed by atoms with Gasteiger partial charge in [-0.2, -0.15) is 0 Å². The van der Waals surface area contributed by atoms with Crippen LogP contribution in [0.1, 0.15) is 0 Å². The largest absolute Gasteiger partial charge is 0.337 e. The summed E-state index contributed by atoms with van der Waals surface area (Å²) in [6.07, 6.45) is 0. The van der Waals surface area contributed by atoms with Crippen LogP contribution >= 0.6 is 0 Å². The molecule has 0 aliphatic carbocycles. The SMILES string of the molecule is Cn1c2[nH]c3ccccc3n(-c3ccccc3)c2[nH]c2c1[nH]c1ccccc1n2-c1ccccc1. The van der Waals surface area contributed by atoms with Crippen LogP contribution in [0.25, 0.3) is 56.0 Å². The number of H-pyrrole nitrogens is 3. The maximum Gasteiger partial charge on any atom is 0.159 e. The van der Waals surface area contributed by atoms with Gasteiger partial charge in [0.15, 0.2) is 22.6 Å². The van der Waals surface area contributed by atoms with Crippen molar-refractivity contribution in [2.24, 2.45) is 7.05 Å². The lowest BCUT2D eigenvalue weighted by atomic mass is 10.2. The molecule has 0 aliphatic heterocycles. The fraction of sp³-hybridized carbons (Fsp3) is 0.0345.